The standard InChI is InChI=1S/C20H37N3O5Si/c1-15-18(23(24)25)19(21-22(15)16-9-11-17(26-5)12-10-16)27-13-8-14-28-29(6,7)20(2,3)4/h16-17H,8-14H2,1-7H3. The van der Waals surface area contributed by atoms with E-state index < -0.39 is 8.32 Å². The lowest BCUT2D eigenvalue weighted by Gasteiger charge is -2.36. The van der Waals surface area contributed by atoms with Crippen molar-refractivity contribution in [3.63, 3.8) is 0 Å². The molecular weight excluding hydrogens is 390 g/mol. The van der Waals surface area contributed by atoms with Gasteiger partial charge in [-0.05, 0) is 50.7 Å². The number of hydrogen-bond donors (Lipinski definition) is 0. The number of nitrogens with zero attached hydrogens (tertiary/aromatic N) is 3. The lowest BCUT2D eigenvalue weighted by Crippen LogP contribution is -2.41. The van der Waals surface area contributed by atoms with Crippen LogP contribution in [0.25, 0.3) is 0 Å². The van der Waals surface area contributed by atoms with Crippen molar-refractivity contribution >= 4 is 14.0 Å². The van der Waals surface area contributed by atoms with Gasteiger partial charge in [0.15, 0.2) is 8.32 Å². The molecule has 0 N–H and O–H groups in total. The fourth-order valence-corrected chi connectivity index (χ4v) is 4.53. The van der Waals surface area contributed by atoms with E-state index in [0.717, 1.165) is 25.7 Å². The van der Waals surface area contributed by atoms with E-state index in [0.29, 0.717) is 25.3 Å². The third kappa shape index (κ3) is 5.79. The molecule has 1 fully saturated rings. The van der Waals surface area contributed by atoms with Crippen LogP contribution < -0.4 is 4.74 Å². The molecule has 0 bridgehead atoms. The zero-order valence-corrected chi connectivity index (χ0v) is 20.0. The van der Waals surface area contributed by atoms with Crippen LogP contribution in [0.3, 0.4) is 0 Å². The lowest BCUT2D eigenvalue weighted by atomic mass is 9.93. The normalized spacial score (nSPS) is 20.7. The first-order valence-electron chi connectivity index (χ1n) is 10.5. The zero-order chi connectivity index (χ0) is 21.8. The second-order valence-corrected chi connectivity index (χ2v) is 14.2. The molecule has 9 heteroatoms. The van der Waals surface area contributed by atoms with Gasteiger partial charge in [-0.1, -0.05) is 20.8 Å². The van der Waals surface area contributed by atoms with Gasteiger partial charge in [0.2, 0.25) is 0 Å². The van der Waals surface area contributed by atoms with Crippen LogP contribution in [0.2, 0.25) is 18.1 Å². The van der Waals surface area contributed by atoms with Gasteiger partial charge in [0.25, 0.3) is 0 Å². The summed E-state index contributed by atoms with van der Waals surface area (Å²) in [5.74, 6) is 0.119. The summed E-state index contributed by atoms with van der Waals surface area (Å²) in [5, 5.41) is 16.2. The van der Waals surface area contributed by atoms with Crippen LogP contribution in [-0.2, 0) is 9.16 Å². The number of hydrogen-bond acceptors (Lipinski definition) is 6. The molecule has 1 aliphatic rings. The Morgan fingerprint density at radius 3 is 2.34 bits per heavy atom. The minimum Gasteiger partial charge on any atom is -0.472 e. The minimum atomic E-state index is -1.79. The third-order valence-corrected chi connectivity index (χ3v) is 10.9. The fourth-order valence-electron chi connectivity index (χ4n) is 3.44. The minimum absolute atomic E-state index is 0.0239. The number of ether oxygens (including phenoxy) is 2. The summed E-state index contributed by atoms with van der Waals surface area (Å²) in [5.41, 5.74) is 0.535. The van der Waals surface area contributed by atoms with Crippen LogP contribution >= 0.6 is 0 Å². The van der Waals surface area contributed by atoms with Crippen molar-refractivity contribution in [2.45, 2.75) is 90.1 Å². The Hall–Kier alpha value is -1.45. The molecule has 1 saturated carbocycles. The average molecular weight is 428 g/mol. The maximum absolute atomic E-state index is 11.6. The molecule has 1 heterocycles. The summed E-state index contributed by atoms with van der Waals surface area (Å²) in [6.07, 6.45) is 4.63. The molecule has 0 atom stereocenters. The number of nitro groups is 1. The van der Waals surface area contributed by atoms with Crippen molar-refractivity contribution in [3.05, 3.63) is 15.8 Å². The summed E-state index contributed by atoms with van der Waals surface area (Å²) in [7, 11) is -0.0612. The van der Waals surface area contributed by atoms with E-state index in [4.69, 9.17) is 13.9 Å². The van der Waals surface area contributed by atoms with E-state index in [-0.39, 0.29) is 33.7 Å². The van der Waals surface area contributed by atoms with E-state index in [1.54, 1.807) is 18.7 Å². The Balaban J connectivity index is 1.97. The van der Waals surface area contributed by atoms with Gasteiger partial charge in [-0.2, -0.15) is 0 Å². The number of aromatic nitrogens is 2. The summed E-state index contributed by atoms with van der Waals surface area (Å²) < 4.78 is 19.1. The summed E-state index contributed by atoms with van der Waals surface area (Å²) >= 11 is 0. The molecule has 29 heavy (non-hydrogen) atoms. The highest BCUT2D eigenvalue weighted by Crippen LogP contribution is 2.38. The first-order valence-corrected chi connectivity index (χ1v) is 13.4. The van der Waals surface area contributed by atoms with Crippen molar-refractivity contribution in [2.75, 3.05) is 20.3 Å². The van der Waals surface area contributed by atoms with Gasteiger partial charge in [0.05, 0.1) is 23.7 Å². The van der Waals surface area contributed by atoms with Crippen LogP contribution in [0.4, 0.5) is 5.69 Å². The van der Waals surface area contributed by atoms with Gasteiger partial charge in [0, 0.05) is 20.1 Å². The molecule has 1 aliphatic carbocycles. The molecule has 1 aromatic heterocycles. The summed E-state index contributed by atoms with van der Waals surface area (Å²) in [6, 6.07) is 0.152. The SMILES string of the molecule is COC1CCC(n2nc(OCCCO[Si](C)(C)C(C)(C)C)c([N+](=O)[O-])c2C)CC1. The van der Waals surface area contributed by atoms with Crippen LogP contribution in [-0.4, -0.2) is 49.4 Å². The molecule has 0 aromatic carbocycles. The predicted molar refractivity (Wildman–Crippen MR) is 115 cm³/mol. The lowest BCUT2D eigenvalue weighted by molar-refractivity contribution is -0.386. The summed E-state index contributed by atoms with van der Waals surface area (Å²) in [4.78, 5) is 11.2. The number of rotatable bonds is 9. The highest BCUT2D eigenvalue weighted by atomic mass is 28.4. The first-order chi connectivity index (χ1) is 13.5. The Kier molecular flexibility index (Phi) is 7.86. The van der Waals surface area contributed by atoms with E-state index in [2.05, 4.69) is 39.0 Å². The highest BCUT2D eigenvalue weighted by molar-refractivity contribution is 6.74. The molecule has 0 spiro atoms. The Morgan fingerprint density at radius 2 is 1.83 bits per heavy atom. The van der Waals surface area contributed by atoms with Gasteiger partial charge in [-0.3, -0.25) is 14.8 Å². The quantitative estimate of drug-likeness (QED) is 0.238. The number of methoxy groups -OCH3 is 1. The average Bonchev–Trinajstić information content (AvgIpc) is 2.97. The monoisotopic (exact) mass is 427 g/mol. The molecule has 1 aromatic rings. The summed E-state index contributed by atoms with van der Waals surface area (Å²) in [6.45, 7) is 13.7. The molecule has 8 nitrogen and oxygen atoms in total. The zero-order valence-electron chi connectivity index (χ0n) is 19.0. The van der Waals surface area contributed by atoms with E-state index in [1.165, 1.54) is 0 Å². The van der Waals surface area contributed by atoms with E-state index in [1.807, 2.05) is 0 Å². The van der Waals surface area contributed by atoms with Gasteiger partial charge in [0.1, 0.15) is 5.69 Å². The second-order valence-electron chi connectivity index (χ2n) is 9.42. The van der Waals surface area contributed by atoms with Crippen LogP contribution in [0, 0.1) is 17.0 Å². The van der Waals surface area contributed by atoms with Crippen LogP contribution in [0.1, 0.15) is 64.6 Å². The molecule has 166 valence electrons. The third-order valence-electron chi connectivity index (χ3n) is 6.39. The molecule has 0 radical (unpaired) electrons. The van der Waals surface area contributed by atoms with Gasteiger partial charge in [-0.15, -0.1) is 5.10 Å². The van der Waals surface area contributed by atoms with Crippen LogP contribution in [0.15, 0.2) is 0 Å². The Bertz CT molecular complexity index is 691. The molecule has 0 aliphatic heterocycles. The van der Waals surface area contributed by atoms with Crippen molar-refractivity contribution in [3.8, 4) is 5.88 Å². The van der Waals surface area contributed by atoms with Crippen molar-refractivity contribution in [1.82, 2.24) is 9.78 Å². The molecule has 2 rings (SSSR count). The maximum Gasteiger partial charge on any atom is 0.352 e. The maximum atomic E-state index is 11.6. The van der Waals surface area contributed by atoms with Gasteiger partial charge in [-0.25, -0.2) is 0 Å². The topological polar surface area (TPSA) is 88.7 Å². The highest BCUT2D eigenvalue weighted by Gasteiger charge is 2.37. The fraction of sp³-hybridized carbons (Fsp3) is 0.850. The van der Waals surface area contributed by atoms with Crippen molar-refractivity contribution in [2.24, 2.45) is 0 Å². The Morgan fingerprint density at radius 1 is 1.21 bits per heavy atom. The molecule has 0 saturated heterocycles. The smallest absolute Gasteiger partial charge is 0.352 e. The van der Waals surface area contributed by atoms with E-state index >= 15 is 0 Å². The van der Waals surface area contributed by atoms with E-state index in [9.17, 15) is 10.1 Å². The molecular formula is C20H37N3O5Si. The predicted octanol–water partition coefficient (Wildman–Crippen LogP) is 5.02. The van der Waals surface area contributed by atoms with Crippen molar-refractivity contribution < 1.29 is 18.8 Å². The largest absolute Gasteiger partial charge is 0.472 e. The second kappa shape index (κ2) is 9.57. The van der Waals surface area contributed by atoms with Gasteiger partial charge < -0.3 is 13.9 Å². The van der Waals surface area contributed by atoms with Crippen LogP contribution in [0.5, 0.6) is 5.88 Å². The molecule has 0 amide bonds. The van der Waals surface area contributed by atoms with Gasteiger partial charge >= 0.3 is 11.6 Å². The Labute approximate surface area is 175 Å². The van der Waals surface area contributed by atoms with Crippen molar-refractivity contribution in [1.29, 1.82) is 0 Å². The first kappa shape index (κ1) is 23.8. The molecule has 0 unspecified atom stereocenters.